The van der Waals surface area contributed by atoms with Crippen molar-refractivity contribution in [1.29, 1.82) is 10.5 Å². The summed E-state index contributed by atoms with van der Waals surface area (Å²) in [5.74, 6) is 0.814. The Labute approximate surface area is 174 Å². The summed E-state index contributed by atoms with van der Waals surface area (Å²) in [4.78, 5) is 5.26. The summed E-state index contributed by atoms with van der Waals surface area (Å²) in [7, 11) is 0. The topological polar surface area (TPSA) is 95.7 Å². The molecule has 0 saturated heterocycles. The zero-order chi connectivity index (χ0) is 21.0. The number of ether oxygens (including phenoxy) is 1. The van der Waals surface area contributed by atoms with E-state index < -0.39 is 0 Å². The molecular weight excluding hydrogens is 380 g/mol. The van der Waals surface area contributed by atoms with E-state index in [0.29, 0.717) is 27.5 Å². The zero-order valence-corrected chi connectivity index (χ0v) is 17.2. The Morgan fingerprint density at radius 2 is 1.55 bits per heavy atom. The average molecular weight is 401 g/mol. The van der Waals surface area contributed by atoms with Crippen LogP contribution in [-0.2, 0) is 0 Å². The van der Waals surface area contributed by atoms with Gasteiger partial charge in [0.2, 0.25) is 0 Å². The van der Waals surface area contributed by atoms with Gasteiger partial charge in [0.1, 0.15) is 39.9 Å². The quantitative estimate of drug-likeness (QED) is 0.630. The number of nitrogens with two attached hydrogens (primary N) is 1. The van der Waals surface area contributed by atoms with Crippen LogP contribution in [0.15, 0.2) is 64.5 Å². The highest BCUT2D eigenvalue weighted by atomic mass is 32.2. The highest BCUT2D eigenvalue weighted by Crippen LogP contribution is 2.38. The second-order valence-electron chi connectivity index (χ2n) is 7.30. The van der Waals surface area contributed by atoms with Gasteiger partial charge in [0.05, 0.1) is 5.56 Å². The van der Waals surface area contributed by atoms with E-state index in [4.69, 9.17) is 10.5 Å². The molecule has 0 radical (unpaired) electrons. The van der Waals surface area contributed by atoms with E-state index in [2.05, 4.69) is 17.1 Å². The van der Waals surface area contributed by atoms with E-state index >= 15 is 0 Å². The number of anilines is 1. The Kier molecular flexibility index (Phi) is 5.77. The molecule has 0 aliphatic heterocycles. The molecule has 0 unspecified atom stereocenters. The first kappa shape index (κ1) is 20.3. The van der Waals surface area contributed by atoms with Crippen molar-refractivity contribution in [3.8, 4) is 29.0 Å². The number of nitrogen functional groups attached to an aromatic ring is 1. The number of pyridine rings is 1. The van der Waals surface area contributed by atoms with Crippen LogP contribution >= 0.6 is 11.8 Å². The van der Waals surface area contributed by atoms with Gasteiger partial charge in [0.15, 0.2) is 0 Å². The molecule has 0 amide bonds. The monoisotopic (exact) mass is 400 g/mol. The van der Waals surface area contributed by atoms with Crippen LogP contribution in [0.5, 0.6) is 5.75 Å². The molecule has 0 aliphatic rings. The number of benzene rings is 2. The van der Waals surface area contributed by atoms with E-state index in [1.165, 1.54) is 11.8 Å². The van der Waals surface area contributed by atoms with Gasteiger partial charge in [-0.15, -0.1) is 0 Å². The van der Waals surface area contributed by atoms with E-state index in [1.807, 2.05) is 75.4 Å². The smallest absolute Gasteiger partial charge is 0.143 e. The molecule has 2 N–H and O–H groups in total. The first-order valence-corrected chi connectivity index (χ1v) is 9.80. The molecule has 6 heteroatoms. The number of nitrogens with zero attached hydrogens (tertiary/aromatic N) is 3. The van der Waals surface area contributed by atoms with Gasteiger partial charge in [-0.1, -0.05) is 42.1 Å². The molecule has 1 aromatic heterocycles. The largest absolute Gasteiger partial charge is 0.488 e. The summed E-state index contributed by atoms with van der Waals surface area (Å²) in [5, 5.41) is 20.0. The Bertz CT molecular complexity index is 1110. The van der Waals surface area contributed by atoms with E-state index in [1.54, 1.807) is 0 Å². The van der Waals surface area contributed by atoms with Crippen LogP contribution in [-0.4, -0.2) is 10.6 Å². The SMILES string of the molecule is CC(C)(C)Oc1ccc(-c2c(C#N)c(N)nc(Sc3ccccc3)c2C#N)cc1. The van der Waals surface area contributed by atoms with Gasteiger partial charge in [-0.05, 0) is 50.6 Å². The van der Waals surface area contributed by atoms with Crippen LogP contribution in [0.1, 0.15) is 31.9 Å². The molecule has 0 bridgehead atoms. The van der Waals surface area contributed by atoms with Gasteiger partial charge >= 0.3 is 0 Å². The maximum absolute atomic E-state index is 9.88. The van der Waals surface area contributed by atoms with Crippen molar-refractivity contribution in [1.82, 2.24) is 4.98 Å². The van der Waals surface area contributed by atoms with Crippen molar-refractivity contribution >= 4 is 17.6 Å². The predicted octanol–water partition coefficient (Wildman–Crippen LogP) is 5.40. The molecule has 29 heavy (non-hydrogen) atoms. The van der Waals surface area contributed by atoms with Crippen LogP contribution in [0, 0.1) is 22.7 Å². The van der Waals surface area contributed by atoms with Crippen LogP contribution in [0.3, 0.4) is 0 Å². The lowest BCUT2D eigenvalue weighted by atomic mass is 9.97. The minimum Gasteiger partial charge on any atom is -0.488 e. The van der Waals surface area contributed by atoms with Crippen LogP contribution in [0.4, 0.5) is 5.82 Å². The zero-order valence-electron chi connectivity index (χ0n) is 16.4. The van der Waals surface area contributed by atoms with E-state index in [-0.39, 0.29) is 17.0 Å². The van der Waals surface area contributed by atoms with E-state index in [0.717, 1.165) is 4.90 Å². The fourth-order valence-electron chi connectivity index (χ4n) is 2.80. The molecule has 2 aromatic carbocycles. The van der Waals surface area contributed by atoms with Gasteiger partial charge in [0.25, 0.3) is 0 Å². The molecule has 0 atom stereocenters. The summed E-state index contributed by atoms with van der Waals surface area (Å²) in [6.45, 7) is 5.91. The Morgan fingerprint density at radius 3 is 2.10 bits per heavy atom. The molecule has 0 fully saturated rings. The number of aromatic nitrogens is 1. The molecule has 1 heterocycles. The first-order valence-electron chi connectivity index (χ1n) is 8.98. The molecule has 3 rings (SSSR count). The lowest BCUT2D eigenvalue weighted by Crippen LogP contribution is -2.22. The third-order valence-corrected chi connectivity index (χ3v) is 4.94. The standard InChI is InChI=1S/C23H20N4OS/c1-23(2,3)28-16-11-9-15(10-12-16)20-18(13-24)21(26)27-22(19(20)14-25)29-17-7-5-4-6-8-17/h4-12H,1-3H3,(H2,26,27). The summed E-state index contributed by atoms with van der Waals surface area (Å²) >= 11 is 1.34. The second kappa shape index (κ2) is 8.26. The molecule has 0 saturated carbocycles. The number of rotatable bonds is 4. The van der Waals surface area contributed by atoms with Crippen molar-refractivity contribution in [2.75, 3.05) is 5.73 Å². The molecule has 5 nitrogen and oxygen atoms in total. The van der Waals surface area contributed by atoms with Gasteiger partial charge in [-0.3, -0.25) is 0 Å². The summed E-state index contributed by atoms with van der Waals surface area (Å²) in [6, 6.07) is 21.2. The Morgan fingerprint density at radius 1 is 0.931 bits per heavy atom. The third-order valence-electron chi connectivity index (χ3n) is 3.94. The van der Waals surface area contributed by atoms with Crippen molar-refractivity contribution in [3.63, 3.8) is 0 Å². The normalized spacial score (nSPS) is 10.8. The van der Waals surface area contributed by atoms with Crippen LogP contribution in [0.2, 0.25) is 0 Å². The number of hydrogen-bond donors (Lipinski definition) is 1. The van der Waals surface area contributed by atoms with Crippen molar-refractivity contribution < 1.29 is 4.74 Å². The Hall–Kier alpha value is -3.48. The van der Waals surface area contributed by atoms with Gasteiger partial charge in [-0.25, -0.2) is 4.98 Å². The summed E-state index contributed by atoms with van der Waals surface area (Å²) in [5.41, 5.74) is 7.48. The lowest BCUT2D eigenvalue weighted by Gasteiger charge is -2.21. The maximum atomic E-state index is 9.88. The third kappa shape index (κ3) is 4.68. The lowest BCUT2D eigenvalue weighted by molar-refractivity contribution is 0.131. The highest BCUT2D eigenvalue weighted by Gasteiger charge is 2.21. The fraction of sp³-hybridized carbons (Fsp3) is 0.174. The first-order chi connectivity index (χ1) is 13.8. The van der Waals surface area contributed by atoms with Crippen molar-refractivity contribution in [3.05, 3.63) is 65.7 Å². The van der Waals surface area contributed by atoms with Crippen LogP contribution in [0.25, 0.3) is 11.1 Å². The molecule has 0 spiro atoms. The summed E-state index contributed by atoms with van der Waals surface area (Å²) in [6.07, 6.45) is 0. The number of hydrogen-bond acceptors (Lipinski definition) is 6. The molecular formula is C23H20N4OS. The predicted molar refractivity (Wildman–Crippen MR) is 114 cm³/mol. The maximum Gasteiger partial charge on any atom is 0.143 e. The Balaban J connectivity index is 2.12. The average Bonchev–Trinajstić information content (AvgIpc) is 2.68. The van der Waals surface area contributed by atoms with Gasteiger partial charge in [0, 0.05) is 10.5 Å². The van der Waals surface area contributed by atoms with E-state index in [9.17, 15) is 10.5 Å². The van der Waals surface area contributed by atoms with Crippen molar-refractivity contribution in [2.24, 2.45) is 0 Å². The summed E-state index contributed by atoms with van der Waals surface area (Å²) < 4.78 is 5.86. The molecule has 3 aromatic rings. The van der Waals surface area contributed by atoms with Gasteiger partial charge in [-0.2, -0.15) is 10.5 Å². The van der Waals surface area contributed by atoms with Crippen molar-refractivity contribution in [2.45, 2.75) is 36.3 Å². The van der Waals surface area contributed by atoms with Crippen LogP contribution < -0.4 is 10.5 Å². The minimum absolute atomic E-state index is 0.106. The molecule has 144 valence electrons. The number of nitriles is 2. The minimum atomic E-state index is -0.322. The van der Waals surface area contributed by atoms with Gasteiger partial charge < -0.3 is 10.5 Å². The fourth-order valence-corrected chi connectivity index (χ4v) is 3.71. The second-order valence-corrected chi connectivity index (χ2v) is 8.37. The molecule has 0 aliphatic carbocycles. The highest BCUT2D eigenvalue weighted by molar-refractivity contribution is 7.99.